The van der Waals surface area contributed by atoms with E-state index in [1.54, 1.807) is 6.20 Å². The average Bonchev–Trinajstić information content (AvgIpc) is 2.95. The number of methoxy groups -OCH3 is 1. The first-order valence-corrected chi connectivity index (χ1v) is 14.8. The highest BCUT2D eigenvalue weighted by molar-refractivity contribution is 5.97. The smallest absolute Gasteiger partial charge is 0.309 e. The van der Waals surface area contributed by atoms with Gasteiger partial charge in [-0.2, -0.15) is 0 Å². The predicted octanol–water partition coefficient (Wildman–Crippen LogP) is 6.25. The van der Waals surface area contributed by atoms with Gasteiger partial charge in [0.1, 0.15) is 0 Å². The lowest BCUT2D eigenvalue weighted by Crippen LogP contribution is -2.39. The topological polar surface area (TPSA) is 88.6 Å². The summed E-state index contributed by atoms with van der Waals surface area (Å²) < 4.78 is 4.84. The maximum Gasteiger partial charge on any atom is 0.309 e. The fourth-order valence-electron chi connectivity index (χ4n) is 6.64. The highest BCUT2D eigenvalue weighted by atomic mass is 16.5. The Kier molecular flexibility index (Phi) is 8.67. The summed E-state index contributed by atoms with van der Waals surface area (Å²) in [6.07, 6.45) is 12.0. The van der Waals surface area contributed by atoms with Gasteiger partial charge in [0, 0.05) is 36.0 Å². The number of nitrogens with one attached hydrogen (secondary N) is 1. The van der Waals surface area contributed by atoms with Gasteiger partial charge < -0.3 is 15.0 Å². The predicted molar refractivity (Wildman–Crippen MR) is 155 cm³/mol. The van der Waals surface area contributed by atoms with Gasteiger partial charge in [-0.05, 0) is 73.3 Å². The van der Waals surface area contributed by atoms with Crippen LogP contribution in [0, 0.1) is 17.8 Å². The first kappa shape index (κ1) is 28.1. The second-order valence-electron chi connectivity index (χ2n) is 11.9. The standard InChI is InChI=1S/C33H41N3O4/c1-21-6-4-8-24(16-21)25-13-15-36(31(37)20-25)30-9-5-7-22(2)33(39)35-28-17-23(18-32(38)40-3)10-11-27(28)26-12-14-34-29(30)19-26/h10-12,14,17,19-22,24,30H,4-9,13,15-16,18H2,1-3H3,(H,35,39)/t21?,22-,24?,30+/m1/s1. The summed E-state index contributed by atoms with van der Waals surface area (Å²) in [5, 5.41) is 3.11. The Labute approximate surface area is 237 Å². The van der Waals surface area contributed by atoms with Crippen LogP contribution in [-0.4, -0.2) is 41.3 Å². The van der Waals surface area contributed by atoms with Crippen molar-refractivity contribution in [1.82, 2.24) is 9.88 Å². The lowest BCUT2D eigenvalue weighted by atomic mass is 9.77. The van der Waals surface area contributed by atoms with Gasteiger partial charge in [-0.3, -0.25) is 19.4 Å². The molecule has 1 N–H and O–H groups in total. The van der Waals surface area contributed by atoms with Gasteiger partial charge in [0.2, 0.25) is 11.8 Å². The number of ether oxygens (including phenoxy) is 1. The highest BCUT2D eigenvalue weighted by Crippen LogP contribution is 2.39. The van der Waals surface area contributed by atoms with Crippen molar-refractivity contribution < 1.29 is 19.1 Å². The number of hydrogen-bond donors (Lipinski definition) is 1. The van der Waals surface area contributed by atoms with Crippen LogP contribution in [0.1, 0.15) is 82.5 Å². The second-order valence-corrected chi connectivity index (χ2v) is 11.9. The normalized spacial score (nSPS) is 25.6. The number of rotatable bonds is 4. The molecule has 5 rings (SSSR count). The largest absolute Gasteiger partial charge is 0.469 e. The van der Waals surface area contributed by atoms with Gasteiger partial charge in [0.15, 0.2) is 0 Å². The van der Waals surface area contributed by atoms with E-state index in [1.807, 2.05) is 42.2 Å². The third-order valence-corrected chi connectivity index (χ3v) is 8.98. The summed E-state index contributed by atoms with van der Waals surface area (Å²) in [5.41, 5.74) is 5.40. The molecule has 40 heavy (non-hydrogen) atoms. The maximum atomic E-state index is 13.6. The van der Waals surface area contributed by atoms with E-state index >= 15 is 0 Å². The molecule has 2 unspecified atom stereocenters. The van der Waals surface area contributed by atoms with Crippen molar-refractivity contribution in [3.05, 3.63) is 59.4 Å². The quantitative estimate of drug-likeness (QED) is 0.461. The zero-order valence-corrected chi connectivity index (χ0v) is 23.9. The van der Waals surface area contributed by atoms with Crippen molar-refractivity contribution >= 4 is 23.5 Å². The molecular weight excluding hydrogens is 502 g/mol. The van der Waals surface area contributed by atoms with Gasteiger partial charge in [0.25, 0.3) is 0 Å². The van der Waals surface area contributed by atoms with Gasteiger partial charge >= 0.3 is 5.97 Å². The van der Waals surface area contributed by atoms with Crippen molar-refractivity contribution in [2.45, 2.75) is 77.7 Å². The van der Waals surface area contributed by atoms with Gasteiger partial charge in [-0.15, -0.1) is 0 Å². The fourth-order valence-corrected chi connectivity index (χ4v) is 6.64. The summed E-state index contributed by atoms with van der Waals surface area (Å²) in [6.45, 7) is 4.97. The van der Waals surface area contributed by atoms with Gasteiger partial charge in [-0.25, -0.2) is 0 Å². The molecule has 3 aliphatic rings. The van der Waals surface area contributed by atoms with Crippen LogP contribution in [0.3, 0.4) is 0 Å². The summed E-state index contributed by atoms with van der Waals surface area (Å²) in [4.78, 5) is 45.4. The lowest BCUT2D eigenvalue weighted by molar-refractivity contribution is -0.139. The van der Waals surface area contributed by atoms with E-state index in [4.69, 9.17) is 9.72 Å². The molecule has 1 aliphatic carbocycles. The number of anilines is 1. The van der Waals surface area contributed by atoms with E-state index in [0.29, 0.717) is 24.6 Å². The number of nitrogens with zero attached hydrogens (tertiary/aromatic N) is 2. The zero-order chi connectivity index (χ0) is 28.2. The maximum absolute atomic E-state index is 13.6. The van der Waals surface area contributed by atoms with Crippen LogP contribution < -0.4 is 5.32 Å². The average molecular weight is 544 g/mol. The third kappa shape index (κ3) is 6.29. The number of carbonyl (C=O) groups is 3. The van der Waals surface area contributed by atoms with Crippen molar-refractivity contribution in [2.75, 3.05) is 19.0 Å². The van der Waals surface area contributed by atoms with E-state index in [0.717, 1.165) is 47.6 Å². The summed E-state index contributed by atoms with van der Waals surface area (Å²) in [6, 6.07) is 9.52. The molecule has 1 saturated carbocycles. The van der Waals surface area contributed by atoms with Crippen LogP contribution in [-0.2, 0) is 25.5 Å². The van der Waals surface area contributed by atoms with Crippen LogP contribution in [0.4, 0.5) is 5.69 Å². The van der Waals surface area contributed by atoms with Gasteiger partial charge in [0.05, 0.1) is 25.3 Å². The number of benzene rings is 1. The molecule has 1 aromatic carbocycles. The molecule has 212 valence electrons. The number of carbonyl (C=O) groups excluding carboxylic acids is 3. The molecule has 2 aliphatic heterocycles. The number of esters is 1. The van der Waals surface area contributed by atoms with Crippen LogP contribution in [0.15, 0.2) is 48.2 Å². The number of fused-ring (bicyclic) bond motifs is 4. The Balaban J connectivity index is 1.47. The van der Waals surface area contributed by atoms with Crippen LogP contribution in [0.5, 0.6) is 0 Å². The van der Waals surface area contributed by atoms with Crippen molar-refractivity contribution in [3.8, 4) is 11.1 Å². The number of aromatic nitrogens is 1. The first-order chi connectivity index (χ1) is 19.3. The minimum absolute atomic E-state index is 0.0498. The van der Waals surface area contributed by atoms with E-state index in [-0.39, 0.29) is 36.2 Å². The van der Waals surface area contributed by atoms with Gasteiger partial charge in [-0.1, -0.05) is 50.8 Å². The molecule has 7 heteroatoms. The molecule has 0 saturated heterocycles. The zero-order valence-electron chi connectivity index (χ0n) is 23.9. The molecule has 1 fully saturated rings. The molecule has 2 aromatic rings. The Morgan fingerprint density at radius 1 is 1.07 bits per heavy atom. The number of amides is 2. The Hall–Kier alpha value is -3.48. The second kappa shape index (κ2) is 12.4. The number of pyridine rings is 1. The summed E-state index contributed by atoms with van der Waals surface area (Å²) >= 11 is 0. The molecule has 0 radical (unpaired) electrons. The SMILES string of the molecule is COC(=O)Cc1ccc2c(c1)NC(=O)[C@H](C)CCC[C@H](N1CCC(C3CCCC(C)C3)=CC1=O)c1cc-2ccn1. The van der Waals surface area contributed by atoms with Crippen molar-refractivity contribution in [1.29, 1.82) is 0 Å². The molecule has 0 spiro atoms. The lowest BCUT2D eigenvalue weighted by Gasteiger charge is -2.37. The Morgan fingerprint density at radius 2 is 1.90 bits per heavy atom. The molecule has 2 bridgehead atoms. The van der Waals surface area contributed by atoms with Crippen LogP contribution in [0.25, 0.3) is 11.1 Å². The first-order valence-electron chi connectivity index (χ1n) is 14.8. The minimum Gasteiger partial charge on any atom is -0.469 e. The van der Waals surface area contributed by atoms with Crippen molar-refractivity contribution in [3.63, 3.8) is 0 Å². The fraction of sp³-hybridized carbons (Fsp3) is 0.515. The van der Waals surface area contributed by atoms with E-state index in [1.165, 1.54) is 38.4 Å². The number of hydrogen-bond acceptors (Lipinski definition) is 5. The third-order valence-electron chi connectivity index (χ3n) is 8.98. The van der Waals surface area contributed by atoms with E-state index in [9.17, 15) is 14.4 Å². The van der Waals surface area contributed by atoms with E-state index in [2.05, 4.69) is 18.3 Å². The molecule has 2 amide bonds. The molecular formula is C33H41N3O4. The monoisotopic (exact) mass is 543 g/mol. The molecule has 7 nitrogen and oxygen atoms in total. The van der Waals surface area contributed by atoms with Crippen molar-refractivity contribution in [2.24, 2.45) is 17.8 Å². The Morgan fingerprint density at radius 3 is 2.67 bits per heavy atom. The molecule has 4 atom stereocenters. The van der Waals surface area contributed by atoms with E-state index < -0.39 is 0 Å². The van der Waals surface area contributed by atoms with Crippen LogP contribution >= 0.6 is 0 Å². The summed E-state index contributed by atoms with van der Waals surface area (Å²) in [5.74, 6) is 0.773. The minimum atomic E-state index is -0.330. The molecule has 3 heterocycles. The summed E-state index contributed by atoms with van der Waals surface area (Å²) in [7, 11) is 1.37. The Bertz CT molecular complexity index is 1300. The molecule has 1 aromatic heterocycles. The van der Waals surface area contributed by atoms with Crippen LogP contribution in [0.2, 0.25) is 0 Å². The highest BCUT2D eigenvalue weighted by Gasteiger charge is 2.32.